The maximum atomic E-state index is 10.4. The lowest BCUT2D eigenvalue weighted by Gasteiger charge is -2.35. The van der Waals surface area contributed by atoms with E-state index in [0.717, 1.165) is 0 Å². The molecule has 0 rings (SSSR count). The molecule has 0 saturated carbocycles. The molecule has 0 atom stereocenters. The van der Waals surface area contributed by atoms with Gasteiger partial charge in [-0.25, -0.2) is 0 Å². The highest BCUT2D eigenvalue weighted by Crippen LogP contribution is 2.08. The second-order valence-corrected chi connectivity index (χ2v) is 4.94. The average molecular weight is 203 g/mol. The summed E-state index contributed by atoms with van der Waals surface area (Å²) in [6, 6.07) is 0. The van der Waals surface area contributed by atoms with Crippen molar-refractivity contribution in [2.45, 2.75) is 5.60 Å². The fourth-order valence-corrected chi connectivity index (χ4v) is 1.92. The van der Waals surface area contributed by atoms with Gasteiger partial charge in [-0.05, 0) is 42.3 Å². The summed E-state index contributed by atoms with van der Waals surface area (Å²) >= 11 is 0. The minimum atomic E-state index is -0.656. The van der Waals surface area contributed by atoms with Gasteiger partial charge in [-0.2, -0.15) is 0 Å². The summed E-state index contributed by atoms with van der Waals surface area (Å²) < 4.78 is 0. The van der Waals surface area contributed by atoms with Gasteiger partial charge in [0.2, 0.25) is 0 Å². The first-order valence-corrected chi connectivity index (χ1v) is 4.92. The zero-order valence-electron chi connectivity index (χ0n) is 10.4. The lowest BCUT2D eigenvalue weighted by atomic mass is 10.0. The van der Waals surface area contributed by atoms with E-state index in [0.29, 0.717) is 19.6 Å². The molecule has 0 bridgehead atoms. The SMILES string of the molecule is CN(C)CC(O)(CN(C)C)CN(C)C. The smallest absolute Gasteiger partial charge is 0.102 e. The zero-order chi connectivity index (χ0) is 11.4. The zero-order valence-corrected chi connectivity index (χ0v) is 10.4. The highest BCUT2D eigenvalue weighted by molar-refractivity contribution is 4.85. The van der Waals surface area contributed by atoms with E-state index < -0.39 is 5.60 Å². The molecule has 4 heteroatoms. The van der Waals surface area contributed by atoms with Gasteiger partial charge in [-0.1, -0.05) is 0 Å². The fourth-order valence-electron chi connectivity index (χ4n) is 1.92. The molecular weight excluding hydrogens is 178 g/mol. The number of aliphatic hydroxyl groups is 1. The molecule has 0 spiro atoms. The van der Waals surface area contributed by atoms with Crippen LogP contribution in [0.2, 0.25) is 0 Å². The normalized spacial score (nSPS) is 13.3. The summed E-state index contributed by atoms with van der Waals surface area (Å²) in [4.78, 5) is 6.06. The average Bonchev–Trinajstić information content (AvgIpc) is 1.76. The summed E-state index contributed by atoms with van der Waals surface area (Å²) in [6.07, 6.45) is 0. The van der Waals surface area contributed by atoms with Crippen molar-refractivity contribution in [2.24, 2.45) is 0 Å². The summed E-state index contributed by atoms with van der Waals surface area (Å²) in [7, 11) is 11.9. The molecule has 0 aromatic carbocycles. The third kappa shape index (κ3) is 6.32. The summed E-state index contributed by atoms with van der Waals surface area (Å²) in [5.41, 5.74) is -0.656. The van der Waals surface area contributed by atoms with Gasteiger partial charge in [0.05, 0.1) is 0 Å². The molecule has 0 aliphatic heterocycles. The highest BCUT2D eigenvalue weighted by Gasteiger charge is 2.29. The van der Waals surface area contributed by atoms with Crippen LogP contribution in [0, 0.1) is 0 Å². The van der Waals surface area contributed by atoms with Crippen molar-refractivity contribution in [3.63, 3.8) is 0 Å². The van der Waals surface area contributed by atoms with E-state index in [-0.39, 0.29) is 0 Å². The third-order valence-electron chi connectivity index (χ3n) is 1.83. The molecule has 0 radical (unpaired) electrons. The van der Waals surface area contributed by atoms with Crippen molar-refractivity contribution in [1.29, 1.82) is 0 Å². The Balaban J connectivity index is 4.32. The number of hydrogen-bond acceptors (Lipinski definition) is 4. The quantitative estimate of drug-likeness (QED) is 0.624. The molecule has 14 heavy (non-hydrogen) atoms. The minimum absolute atomic E-state index is 0.656. The van der Waals surface area contributed by atoms with Crippen LogP contribution in [0.4, 0.5) is 0 Å². The summed E-state index contributed by atoms with van der Waals surface area (Å²) in [5.74, 6) is 0. The van der Waals surface area contributed by atoms with E-state index in [1.165, 1.54) is 0 Å². The van der Waals surface area contributed by atoms with Gasteiger partial charge in [0, 0.05) is 19.6 Å². The van der Waals surface area contributed by atoms with Gasteiger partial charge >= 0.3 is 0 Å². The summed E-state index contributed by atoms with van der Waals surface area (Å²) in [5, 5.41) is 10.4. The van der Waals surface area contributed by atoms with Crippen LogP contribution in [0.15, 0.2) is 0 Å². The van der Waals surface area contributed by atoms with Gasteiger partial charge in [-0.3, -0.25) is 0 Å². The molecule has 0 aromatic rings. The maximum Gasteiger partial charge on any atom is 0.102 e. The Hall–Kier alpha value is -0.160. The Morgan fingerprint density at radius 2 is 0.929 bits per heavy atom. The first kappa shape index (κ1) is 13.8. The summed E-state index contributed by atoms with van der Waals surface area (Å²) in [6.45, 7) is 2.05. The Kier molecular flexibility index (Phi) is 5.59. The van der Waals surface area contributed by atoms with Crippen LogP contribution in [0.3, 0.4) is 0 Å². The standard InChI is InChI=1S/C10H25N3O/c1-11(2)7-10(14,8-12(3)4)9-13(5)6/h14H,7-9H2,1-6H3. The van der Waals surface area contributed by atoms with Crippen molar-refractivity contribution in [3.8, 4) is 0 Å². The third-order valence-corrected chi connectivity index (χ3v) is 1.83. The second kappa shape index (κ2) is 5.66. The van der Waals surface area contributed by atoms with E-state index in [9.17, 15) is 5.11 Å². The van der Waals surface area contributed by atoms with Crippen LogP contribution in [0.5, 0.6) is 0 Å². The molecule has 4 nitrogen and oxygen atoms in total. The van der Waals surface area contributed by atoms with Crippen LogP contribution in [-0.4, -0.2) is 87.3 Å². The van der Waals surface area contributed by atoms with Crippen molar-refractivity contribution >= 4 is 0 Å². The predicted molar refractivity (Wildman–Crippen MR) is 60.6 cm³/mol. The monoisotopic (exact) mass is 203 g/mol. The maximum absolute atomic E-state index is 10.4. The number of likely N-dealkylation sites (N-methyl/N-ethyl adjacent to an activating group) is 3. The van der Waals surface area contributed by atoms with Crippen LogP contribution in [-0.2, 0) is 0 Å². The first-order chi connectivity index (χ1) is 6.25. The van der Waals surface area contributed by atoms with Crippen LogP contribution in [0.25, 0.3) is 0 Å². The Bertz CT molecular complexity index is 131. The van der Waals surface area contributed by atoms with E-state index >= 15 is 0 Å². The Morgan fingerprint density at radius 1 is 0.714 bits per heavy atom. The largest absolute Gasteiger partial charge is 0.386 e. The van der Waals surface area contributed by atoms with Crippen molar-refractivity contribution in [3.05, 3.63) is 0 Å². The van der Waals surface area contributed by atoms with Gasteiger partial charge in [0.25, 0.3) is 0 Å². The molecular formula is C10H25N3O. The second-order valence-electron chi connectivity index (χ2n) is 4.94. The Labute approximate surface area is 88.1 Å². The first-order valence-electron chi connectivity index (χ1n) is 4.92. The van der Waals surface area contributed by atoms with E-state index in [4.69, 9.17) is 0 Å². The van der Waals surface area contributed by atoms with Crippen LogP contribution in [0.1, 0.15) is 0 Å². The van der Waals surface area contributed by atoms with Gasteiger partial charge in [0.15, 0.2) is 0 Å². The molecule has 0 saturated heterocycles. The van der Waals surface area contributed by atoms with E-state index in [2.05, 4.69) is 0 Å². The molecule has 0 amide bonds. The molecule has 0 aliphatic rings. The minimum Gasteiger partial charge on any atom is -0.386 e. The van der Waals surface area contributed by atoms with Gasteiger partial charge < -0.3 is 19.8 Å². The lowest BCUT2D eigenvalue weighted by molar-refractivity contribution is -0.0230. The molecule has 0 aliphatic carbocycles. The van der Waals surface area contributed by atoms with Crippen molar-refractivity contribution < 1.29 is 5.11 Å². The lowest BCUT2D eigenvalue weighted by Crippen LogP contribution is -2.53. The van der Waals surface area contributed by atoms with E-state index in [1.54, 1.807) is 0 Å². The Morgan fingerprint density at radius 3 is 1.07 bits per heavy atom. The van der Waals surface area contributed by atoms with Crippen molar-refractivity contribution in [1.82, 2.24) is 14.7 Å². The number of rotatable bonds is 6. The van der Waals surface area contributed by atoms with E-state index in [1.807, 2.05) is 57.0 Å². The topological polar surface area (TPSA) is 30.0 Å². The fraction of sp³-hybridized carbons (Fsp3) is 1.00. The number of nitrogens with zero attached hydrogens (tertiary/aromatic N) is 3. The molecule has 86 valence electrons. The van der Waals surface area contributed by atoms with Gasteiger partial charge in [-0.15, -0.1) is 0 Å². The number of hydrogen-bond donors (Lipinski definition) is 1. The molecule has 0 heterocycles. The molecule has 0 unspecified atom stereocenters. The van der Waals surface area contributed by atoms with Crippen molar-refractivity contribution in [2.75, 3.05) is 61.9 Å². The predicted octanol–water partition coefficient (Wildman–Crippen LogP) is -0.598. The van der Waals surface area contributed by atoms with Crippen LogP contribution >= 0.6 is 0 Å². The molecule has 1 N–H and O–H groups in total. The molecule has 0 aromatic heterocycles. The van der Waals surface area contributed by atoms with Crippen LogP contribution < -0.4 is 0 Å². The van der Waals surface area contributed by atoms with Gasteiger partial charge in [0.1, 0.15) is 5.60 Å². The highest BCUT2D eigenvalue weighted by atomic mass is 16.3. The molecule has 0 fully saturated rings.